The normalized spacial score (nSPS) is 12.8. The summed E-state index contributed by atoms with van der Waals surface area (Å²) in [5.41, 5.74) is 10.1. The van der Waals surface area contributed by atoms with Gasteiger partial charge in [-0.3, -0.25) is 0 Å². The third-order valence-electron chi connectivity index (χ3n) is 5.60. The fraction of sp³-hybridized carbons (Fsp3) is 0.0714. The van der Waals surface area contributed by atoms with E-state index in [0.717, 1.165) is 12.8 Å². The quantitative estimate of drug-likeness (QED) is 0.288. The van der Waals surface area contributed by atoms with Crippen LogP contribution in [0.4, 0.5) is 22.7 Å². The van der Waals surface area contributed by atoms with Crippen molar-refractivity contribution in [3.63, 3.8) is 0 Å². The first-order valence-corrected chi connectivity index (χ1v) is 10.4. The van der Waals surface area contributed by atoms with Crippen molar-refractivity contribution in [3.05, 3.63) is 119 Å². The first-order valence-electron chi connectivity index (χ1n) is 10.4. The highest BCUT2D eigenvalue weighted by Gasteiger charge is 2.10. The van der Waals surface area contributed by atoms with Gasteiger partial charge in [0.1, 0.15) is 0 Å². The lowest BCUT2D eigenvalue weighted by Crippen LogP contribution is -1.92. The Morgan fingerprint density at radius 3 is 1.27 bits per heavy atom. The summed E-state index contributed by atoms with van der Waals surface area (Å²) < 4.78 is 0. The van der Waals surface area contributed by atoms with Crippen LogP contribution in [0.5, 0.6) is 0 Å². The molecule has 4 aromatic carbocycles. The van der Waals surface area contributed by atoms with Crippen LogP contribution in [0, 0.1) is 0 Å². The van der Waals surface area contributed by atoms with Crippen molar-refractivity contribution < 1.29 is 0 Å². The second kappa shape index (κ2) is 8.30. The molecule has 30 heavy (non-hydrogen) atoms. The molecule has 2 nitrogen and oxygen atoms in total. The molecule has 0 spiro atoms. The van der Waals surface area contributed by atoms with Crippen LogP contribution >= 0.6 is 0 Å². The minimum Gasteiger partial charge on any atom is -0.355 e. The number of fused-ring (bicyclic) bond motifs is 4. The van der Waals surface area contributed by atoms with Gasteiger partial charge in [0.25, 0.3) is 0 Å². The van der Waals surface area contributed by atoms with Gasteiger partial charge in [-0.15, -0.1) is 0 Å². The van der Waals surface area contributed by atoms with E-state index >= 15 is 0 Å². The summed E-state index contributed by atoms with van der Waals surface area (Å²) in [5, 5.41) is 6.94. The van der Waals surface area contributed by atoms with Crippen molar-refractivity contribution in [2.45, 2.75) is 12.8 Å². The van der Waals surface area contributed by atoms with E-state index in [2.05, 4.69) is 108 Å². The molecule has 2 heteroatoms. The topological polar surface area (TPSA) is 24.1 Å². The van der Waals surface area contributed by atoms with Gasteiger partial charge in [0.15, 0.2) is 0 Å². The Kier molecular flexibility index (Phi) is 5.05. The fourth-order valence-corrected chi connectivity index (χ4v) is 3.97. The van der Waals surface area contributed by atoms with Crippen LogP contribution in [-0.4, -0.2) is 0 Å². The summed E-state index contributed by atoms with van der Waals surface area (Å²) in [6.07, 6.45) is 6.54. The van der Waals surface area contributed by atoms with Crippen molar-refractivity contribution in [2.75, 3.05) is 10.6 Å². The molecule has 0 amide bonds. The predicted molar refractivity (Wildman–Crippen MR) is 129 cm³/mol. The van der Waals surface area contributed by atoms with Crippen molar-refractivity contribution >= 4 is 34.9 Å². The van der Waals surface area contributed by atoms with E-state index in [-0.39, 0.29) is 0 Å². The first-order chi connectivity index (χ1) is 14.9. The SMILES string of the molecule is C1=Cc2ccccc2Nc2ccccc21.c1ccc2c(c1)CCc1ccccc1N2. The molecule has 0 bridgehead atoms. The Morgan fingerprint density at radius 1 is 0.400 bits per heavy atom. The minimum absolute atomic E-state index is 1.13. The highest BCUT2D eigenvalue weighted by molar-refractivity contribution is 5.87. The zero-order valence-corrected chi connectivity index (χ0v) is 16.8. The highest BCUT2D eigenvalue weighted by atomic mass is 14.9. The van der Waals surface area contributed by atoms with Crippen LogP contribution in [-0.2, 0) is 12.8 Å². The summed E-state index contributed by atoms with van der Waals surface area (Å²) in [5.74, 6) is 0. The second-order valence-electron chi connectivity index (χ2n) is 7.57. The van der Waals surface area contributed by atoms with E-state index in [9.17, 15) is 0 Å². The van der Waals surface area contributed by atoms with Gasteiger partial charge in [0.05, 0.1) is 0 Å². The molecular weight excluding hydrogens is 364 g/mol. The Bertz CT molecular complexity index is 1110. The largest absolute Gasteiger partial charge is 0.355 e. The summed E-state index contributed by atoms with van der Waals surface area (Å²) in [6.45, 7) is 0. The number of para-hydroxylation sites is 4. The van der Waals surface area contributed by atoms with E-state index in [0.29, 0.717) is 0 Å². The number of rotatable bonds is 0. The average molecular weight is 389 g/mol. The molecule has 0 radical (unpaired) electrons. The molecule has 146 valence electrons. The highest BCUT2D eigenvalue weighted by Crippen LogP contribution is 2.30. The molecule has 6 rings (SSSR count). The summed E-state index contributed by atoms with van der Waals surface area (Å²) in [4.78, 5) is 0. The number of hydrogen-bond donors (Lipinski definition) is 2. The maximum Gasteiger partial charge on any atom is 0.0457 e. The van der Waals surface area contributed by atoms with Gasteiger partial charge in [0.2, 0.25) is 0 Å². The number of benzene rings is 4. The van der Waals surface area contributed by atoms with E-state index in [4.69, 9.17) is 0 Å². The van der Waals surface area contributed by atoms with Gasteiger partial charge < -0.3 is 10.6 Å². The number of anilines is 4. The molecule has 0 fully saturated rings. The molecule has 0 saturated heterocycles. The fourth-order valence-electron chi connectivity index (χ4n) is 3.97. The minimum atomic E-state index is 1.13. The van der Waals surface area contributed by atoms with Crippen molar-refractivity contribution in [2.24, 2.45) is 0 Å². The Hall–Kier alpha value is -3.78. The lowest BCUT2D eigenvalue weighted by atomic mass is 10.0. The van der Waals surface area contributed by atoms with E-state index < -0.39 is 0 Å². The van der Waals surface area contributed by atoms with Gasteiger partial charge in [-0.25, -0.2) is 0 Å². The molecular formula is C28H24N2. The predicted octanol–water partition coefficient (Wildman–Crippen LogP) is 7.44. The average Bonchev–Trinajstić information content (AvgIpc) is 3.11. The molecule has 2 aliphatic heterocycles. The molecule has 4 aromatic rings. The van der Waals surface area contributed by atoms with E-state index in [1.807, 2.05) is 12.1 Å². The third kappa shape index (κ3) is 3.85. The van der Waals surface area contributed by atoms with Gasteiger partial charge in [-0.05, 0) is 59.4 Å². The van der Waals surface area contributed by atoms with Crippen LogP contribution in [0.25, 0.3) is 12.2 Å². The van der Waals surface area contributed by atoms with E-state index in [1.54, 1.807) is 0 Å². The third-order valence-corrected chi connectivity index (χ3v) is 5.60. The van der Waals surface area contributed by atoms with Gasteiger partial charge in [-0.1, -0.05) is 84.9 Å². The first kappa shape index (κ1) is 18.3. The van der Waals surface area contributed by atoms with Gasteiger partial charge >= 0.3 is 0 Å². The summed E-state index contributed by atoms with van der Waals surface area (Å²) in [7, 11) is 0. The van der Waals surface area contributed by atoms with Crippen LogP contribution < -0.4 is 10.6 Å². The molecule has 0 aliphatic carbocycles. The van der Waals surface area contributed by atoms with Crippen LogP contribution in [0.3, 0.4) is 0 Å². The maximum atomic E-state index is 3.50. The zero-order valence-electron chi connectivity index (χ0n) is 16.8. The number of aryl methyl sites for hydroxylation is 2. The number of hydrogen-bond acceptors (Lipinski definition) is 2. The molecule has 0 unspecified atom stereocenters. The standard InChI is InChI=1S/C14H13N.C14H11N/c2*1-3-7-13-11(5-1)9-10-12-6-2-4-8-14(12)15-13/h1-8,15H,9-10H2;1-10,15H. The van der Waals surface area contributed by atoms with Crippen LogP contribution in [0.15, 0.2) is 97.1 Å². The Balaban J connectivity index is 0.000000128. The Morgan fingerprint density at radius 2 is 0.767 bits per heavy atom. The number of nitrogens with one attached hydrogen (secondary N) is 2. The molecule has 2 aliphatic rings. The molecule has 0 atom stereocenters. The van der Waals surface area contributed by atoms with Crippen molar-refractivity contribution in [3.8, 4) is 0 Å². The maximum absolute atomic E-state index is 3.50. The summed E-state index contributed by atoms with van der Waals surface area (Å²) in [6, 6.07) is 33.7. The van der Waals surface area contributed by atoms with Crippen LogP contribution in [0.1, 0.15) is 22.3 Å². The second-order valence-corrected chi connectivity index (χ2v) is 7.57. The van der Waals surface area contributed by atoms with Gasteiger partial charge in [0, 0.05) is 22.7 Å². The zero-order chi connectivity index (χ0) is 20.2. The summed E-state index contributed by atoms with van der Waals surface area (Å²) >= 11 is 0. The lowest BCUT2D eigenvalue weighted by Gasteiger charge is -2.08. The van der Waals surface area contributed by atoms with Crippen molar-refractivity contribution in [1.82, 2.24) is 0 Å². The molecule has 0 aromatic heterocycles. The molecule has 2 heterocycles. The Labute approximate surface area is 177 Å². The van der Waals surface area contributed by atoms with Gasteiger partial charge in [-0.2, -0.15) is 0 Å². The van der Waals surface area contributed by atoms with E-state index in [1.165, 1.54) is 45.0 Å². The van der Waals surface area contributed by atoms with Crippen LogP contribution in [0.2, 0.25) is 0 Å². The van der Waals surface area contributed by atoms with Crippen molar-refractivity contribution in [1.29, 1.82) is 0 Å². The molecule has 0 saturated carbocycles. The molecule has 2 N–H and O–H groups in total. The monoisotopic (exact) mass is 388 g/mol. The lowest BCUT2D eigenvalue weighted by molar-refractivity contribution is 0.977. The smallest absolute Gasteiger partial charge is 0.0457 e.